The lowest BCUT2D eigenvalue weighted by Crippen LogP contribution is -2.27. The Morgan fingerprint density at radius 2 is 1.92 bits per heavy atom. The molecule has 0 radical (unpaired) electrons. The van der Waals surface area contributed by atoms with Gasteiger partial charge in [-0.1, -0.05) is 43.1 Å². The summed E-state index contributed by atoms with van der Waals surface area (Å²) in [6, 6.07) is 12.5. The summed E-state index contributed by atoms with van der Waals surface area (Å²) in [5, 5.41) is 9.58. The number of nitrogens with zero attached hydrogens (tertiary/aromatic N) is 2. The molecule has 0 bridgehead atoms. The van der Waals surface area contributed by atoms with Crippen LogP contribution in [0, 0.1) is 0 Å². The van der Waals surface area contributed by atoms with E-state index in [1.54, 1.807) is 30.3 Å². The van der Waals surface area contributed by atoms with Crippen molar-refractivity contribution in [2.24, 2.45) is 0 Å². The molecular formula is C18H15ClN2O3. The van der Waals surface area contributed by atoms with Crippen LogP contribution in [0.3, 0.4) is 0 Å². The van der Waals surface area contributed by atoms with Crippen LogP contribution in [-0.2, 0) is 6.42 Å². The molecule has 6 heteroatoms. The number of carbonyl (C=O) groups is 1. The molecule has 0 aliphatic rings. The number of benzene rings is 2. The summed E-state index contributed by atoms with van der Waals surface area (Å²) in [5.41, 5.74) is 1.27. The minimum atomic E-state index is -1.38. The molecule has 1 heterocycles. The fourth-order valence-corrected chi connectivity index (χ4v) is 2.88. The Hall–Kier alpha value is -2.66. The summed E-state index contributed by atoms with van der Waals surface area (Å²) >= 11 is 6.14. The largest absolute Gasteiger partial charge is 0.476 e. The van der Waals surface area contributed by atoms with Crippen LogP contribution in [-0.4, -0.2) is 20.6 Å². The molecule has 0 aliphatic carbocycles. The first-order chi connectivity index (χ1) is 11.5. The van der Waals surface area contributed by atoms with E-state index in [0.717, 1.165) is 18.4 Å². The molecular weight excluding hydrogens is 328 g/mol. The van der Waals surface area contributed by atoms with Gasteiger partial charge in [-0.2, -0.15) is 0 Å². The van der Waals surface area contributed by atoms with Crippen LogP contribution in [0.4, 0.5) is 0 Å². The number of aryl methyl sites for hydroxylation is 1. The Morgan fingerprint density at radius 1 is 1.21 bits per heavy atom. The van der Waals surface area contributed by atoms with Gasteiger partial charge in [-0.25, -0.2) is 9.78 Å². The van der Waals surface area contributed by atoms with Gasteiger partial charge in [-0.05, 0) is 36.2 Å². The molecule has 0 aliphatic heterocycles. The lowest BCUT2D eigenvalue weighted by atomic mass is 10.1. The van der Waals surface area contributed by atoms with Crippen LogP contribution in [0.1, 0.15) is 29.4 Å². The zero-order valence-corrected chi connectivity index (χ0v) is 13.7. The molecule has 1 N–H and O–H groups in total. The van der Waals surface area contributed by atoms with Gasteiger partial charge in [0, 0.05) is 5.69 Å². The highest BCUT2D eigenvalue weighted by Crippen LogP contribution is 2.23. The van der Waals surface area contributed by atoms with Crippen LogP contribution < -0.4 is 5.56 Å². The van der Waals surface area contributed by atoms with E-state index >= 15 is 0 Å². The van der Waals surface area contributed by atoms with Crippen LogP contribution in [0.25, 0.3) is 16.7 Å². The van der Waals surface area contributed by atoms with E-state index in [-0.39, 0.29) is 5.52 Å². The van der Waals surface area contributed by atoms with Crippen molar-refractivity contribution in [3.8, 4) is 5.69 Å². The van der Waals surface area contributed by atoms with Crippen molar-refractivity contribution >= 4 is 28.6 Å². The molecule has 0 unspecified atom stereocenters. The summed E-state index contributed by atoms with van der Waals surface area (Å²) in [4.78, 5) is 27.9. The molecule has 0 saturated heterocycles. The van der Waals surface area contributed by atoms with E-state index in [0.29, 0.717) is 16.2 Å². The maximum absolute atomic E-state index is 12.6. The Bertz CT molecular complexity index is 978. The first kappa shape index (κ1) is 16.2. The Kier molecular flexibility index (Phi) is 4.36. The monoisotopic (exact) mass is 342 g/mol. The predicted octanol–water partition coefficient (Wildman–Crippen LogP) is 3.69. The van der Waals surface area contributed by atoms with Crippen molar-refractivity contribution in [3.05, 3.63) is 69.1 Å². The second-order valence-electron chi connectivity index (χ2n) is 5.43. The minimum Gasteiger partial charge on any atom is -0.476 e. The molecule has 0 spiro atoms. The lowest BCUT2D eigenvalue weighted by molar-refractivity contribution is 0.0688. The second kappa shape index (κ2) is 6.45. The first-order valence-corrected chi connectivity index (χ1v) is 7.94. The van der Waals surface area contributed by atoms with Gasteiger partial charge in [0.25, 0.3) is 5.56 Å². The smallest absolute Gasteiger partial charge is 0.360 e. The zero-order valence-electron chi connectivity index (χ0n) is 13.0. The van der Waals surface area contributed by atoms with Crippen molar-refractivity contribution in [2.45, 2.75) is 19.8 Å². The van der Waals surface area contributed by atoms with Gasteiger partial charge in [-0.3, -0.25) is 9.36 Å². The molecule has 0 fully saturated rings. The topological polar surface area (TPSA) is 72.2 Å². The number of para-hydroxylation sites is 1. The normalized spacial score (nSPS) is 10.9. The summed E-state index contributed by atoms with van der Waals surface area (Å²) in [5.74, 6) is -1.38. The number of fused-ring (bicyclic) bond motifs is 1. The number of aromatic nitrogens is 2. The van der Waals surface area contributed by atoms with Crippen molar-refractivity contribution in [1.82, 2.24) is 9.55 Å². The Labute approximate surface area is 143 Å². The van der Waals surface area contributed by atoms with Gasteiger partial charge in [0.1, 0.15) is 5.52 Å². The molecule has 3 rings (SSSR count). The van der Waals surface area contributed by atoms with Gasteiger partial charge in [0.05, 0.1) is 10.5 Å². The molecule has 0 atom stereocenters. The molecule has 24 heavy (non-hydrogen) atoms. The van der Waals surface area contributed by atoms with Gasteiger partial charge >= 0.3 is 5.97 Å². The van der Waals surface area contributed by atoms with Gasteiger partial charge in [0.15, 0.2) is 0 Å². The number of carboxylic acid groups (broad SMARTS) is 1. The standard InChI is InChI=1S/C18H15ClN2O3/c1-2-4-11-7-9-12(10-8-11)21-14-6-3-5-13(19)15(14)20-16(17(21)22)18(23)24/h3,5-10H,2,4H2,1H3,(H,23,24). The number of carboxylic acids is 1. The third-order valence-electron chi connectivity index (χ3n) is 3.77. The maximum Gasteiger partial charge on any atom is 0.360 e. The van der Waals surface area contributed by atoms with E-state index < -0.39 is 17.2 Å². The summed E-state index contributed by atoms with van der Waals surface area (Å²) in [7, 11) is 0. The van der Waals surface area contributed by atoms with Crippen LogP contribution in [0.5, 0.6) is 0 Å². The molecule has 2 aromatic carbocycles. The number of halogens is 1. The van der Waals surface area contributed by atoms with E-state index in [2.05, 4.69) is 11.9 Å². The highest BCUT2D eigenvalue weighted by molar-refractivity contribution is 6.34. The molecule has 0 saturated carbocycles. The minimum absolute atomic E-state index is 0.286. The highest BCUT2D eigenvalue weighted by Gasteiger charge is 2.18. The number of hydrogen-bond acceptors (Lipinski definition) is 3. The Balaban J connectivity index is 2.33. The first-order valence-electron chi connectivity index (χ1n) is 7.56. The number of rotatable bonds is 4. The molecule has 3 aromatic rings. The molecule has 0 amide bonds. The number of hydrogen-bond donors (Lipinski definition) is 1. The summed E-state index contributed by atoms with van der Waals surface area (Å²) < 4.78 is 1.34. The van der Waals surface area contributed by atoms with E-state index in [9.17, 15) is 14.7 Å². The van der Waals surface area contributed by atoms with Gasteiger partial charge in [0.2, 0.25) is 5.69 Å². The van der Waals surface area contributed by atoms with Crippen molar-refractivity contribution in [3.63, 3.8) is 0 Å². The average Bonchev–Trinajstić information content (AvgIpc) is 2.56. The predicted molar refractivity (Wildman–Crippen MR) is 93.3 cm³/mol. The van der Waals surface area contributed by atoms with Crippen molar-refractivity contribution < 1.29 is 9.90 Å². The Morgan fingerprint density at radius 3 is 2.54 bits per heavy atom. The van der Waals surface area contributed by atoms with Crippen LogP contribution in [0.2, 0.25) is 5.02 Å². The summed E-state index contributed by atoms with van der Waals surface area (Å²) in [6.07, 6.45) is 1.97. The third-order valence-corrected chi connectivity index (χ3v) is 4.08. The summed E-state index contributed by atoms with van der Waals surface area (Å²) in [6.45, 7) is 2.09. The SMILES string of the molecule is CCCc1ccc(-n2c(=O)c(C(=O)O)nc3c(Cl)cccc32)cc1. The maximum atomic E-state index is 12.6. The second-order valence-corrected chi connectivity index (χ2v) is 5.84. The molecule has 1 aromatic heterocycles. The van der Waals surface area contributed by atoms with Crippen LogP contribution in [0.15, 0.2) is 47.3 Å². The van der Waals surface area contributed by atoms with Gasteiger partial charge < -0.3 is 5.11 Å². The lowest BCUT2D eigenvalue weighted by Gasteiger charge is -2.12. The third kappa shape index (κ3) is 2.78. The molecule has 5 nitrogen and oxygen atoms in total. The average molecular weight is 343 g/mol. The van der Waals surface area contributed by atoms with Crippen molar-refractivity contribution in [2.75, 3.05) is 0 Å². The van der Waals surface area contributed by atoms with E-state index in [1.807, 2.05) is 12.1 Å². The fourth-order valence-electron chi connectivity index (χ4n) is 2.67. The van der Waals surface area contributed by atoms with E-state index in [4.69, 9.17) is 11.6 Å². The van der Waals surface area contributed by atoms with Gasteiger partial charge in [-0.15, -0.1) is 0 Å². The quantitative estimate of drug-likeness (QED) is 0.784. The fraction of sp³-hybridized carbons (Fsp3) is 0.167. The molecule has 122 valence electrons. The zero-order chi connectivity index (χ0) is 17.3. The highest BCUT2D eigenvalue weighted by atomic mass is 35.5. The number of aromatic carboxylic acids is 1. The van der Waals surface area contributed by atoms with Crippen molar-refractivity contribution in [1.29, 1.82) is 0 Å². The van der Waals surface area contributed by atoms with Crippen LogP contribution >= 0.6 is 11.6 Å². The van der Waals surface area contributed by atoms with E-state index in [1.165, 1.54) is 4.57 Å².